The van der Waals surface area contributed by atoms with Crippen LogP contribution in [0.1, 0.15) is 12.8 Å². The molecule has 4 rings (SSSR count). The summed E-state index contributed by atoms with van der Waals surface area (Å²) in [5, 5.41) is 5.12. The number of nitrogens with zero attached hydrogens (tertiary/aromatic N) is 3. The lowest BCUT2D eigenvalue weighted by atomic mass is 9.97. The molecule has 0 radical (unpaired) electrons. The number of hydrogen-bond donors (Lipinski definition) is 1. The maximum Gasteiger partial charge on any atom is 0.243 e. The van der Waals surface area contributed by atoms with E-state index in [9.17, 15) is 21.6 Å². The van der Waals surface area contributed by atoms with Crippen LogP contribution in [-0.2, 0) is 24.7 Å². The summed E-state index contributed by atoms with van der Waals surface area (Å²) in [5.74, 6) is -0.516. The second kappa shape index (κ2) is 9.29. The largest absolute Gasteiger partial charge is 0.302 e. The number of sulfone groups is 1. The standard InChI is InChI=1S/C21H22N4O5S3/c1-32(27,28)16-5-7-17(8-6-16)33(29,30)25-12-9-15(10-13-25)20(26)24-21-23-19(14-31-21)18-4-2-3-11-22-18/h2-8,11,14-15H,9-10,12-13H2,1H3,(H,23,24,26). The van der Waals surface area contributed by atoms with Crippen molar-refractivity contribution in [2.24, 2.45) is 5.92 Å². The first-order valence-electron chi connectivity index (χ1n) is 10.1. The molecule has 1 saturated heterocycles. The third-order valence-electron chi connectivity index (χ3n) is 5.38. The van der Waals surface area contributed by atoms with Crippen molar-refractivity contribution in [1.82, 2.24) is 14.3 Å². The van der Waals surface area contributed by atoms with Gasteiger partial charge in [0.05, 0.1) is 15.5 Å². The van der Waals surface area contributed by atoms with E-state index in [-0.39, 0.29) is 34.7 Å². The minimum Gasteiger partial charge on any atom is -0.302 e. The molecule has 0 spiro atoms. The van der Waals surface area contributed by atoms with Crippen LogP contribution in [-0.4, -0.2) is 56.4 Å². The lowest BCUT2D eigenvalue weighted by Crippen LogP contribution is -2.41. The molecular formula is C21H22N4O5S3. The summed E-state index contributed by atoms with van der Waals surface area (Å²) in [6.07, 6.45) is 3.50. The van der Waals surface area contributed by atoms with Crippen molar-refractivity contribution in [3.63, 3.8) is 0 Å². The predicted octanol–water partition coefficient (Wildman–Crippen LogP) is 2.65. The van der Waals surface area contributed by atoms with Gasteiger partial charge in [-0.3, -0.25) is 9.78 Å². The van der Waals surface area contributed by atoms with Crippen LogP contribution in [0.2, 0.25) is 0 Å². The molecule has 9 nitrogen and oxygen atoms in total. The van der Waals surface area contributed by atoms with Crippen LogP contribution in [0.4, 0.5) is 5.13 Å². The van der Waals surface area contributed by atoms with Crippen molar-refractivity contribution in [1.29, 1.82) is 0 Å². The Morgan fingerprint density at radius 3 is 2.27 bits per heavy atom. The molecule has 1 N–H and O–H groups in total. The van der Waals surface area contributed by atoms with E-state index >= 15 is 0 Å². The summed E-state index contributed by atoms with van der Waals surface area (Å²) >= 11 is 1.31. The molecule has 3 heterocycles. The van der Waals surface area contributed by atoms with Gasteiger partial charge in [0, 0.05) is 36.8 Å². The molecule has 1 fully saturated rings. The third kappa shape index (κ3) is 5.29. The minimum absolute atomic E-state index is 0.0302. The van der Waals surface area contributed by atoms with Crippen LogP contribution in [0.5, 0.6) is 0 Å². The minimum atomic E-state index is -3.77. The molecule has 3 aromatic rings. The first kappa shape index (κ1) is 23.5. The number of rotatable bonds is 6. The molecule has 0 saturated carbocycles. The Labute approximate surface area is 196 Å². The molecule has 33 heavy (non-hydrogen) atoms. The highest BCUT2D eigenvalue weighted by Crippen LogP contribution is 2.27. The topological polar surface area (TPSA) is 126 Å². The molecule has 0 aliphatic carbocycles. The molecule has 2 aromatic heterocycles. The van der Waals surface area contributed by atoms with Gasteiger partial charge in [0.1, 0.15) is 5.69 Å². The zero-order valence-corrected chi connectivity index (χ0v) is 20.2. The van der Waals surface area contributed by atoms with Crippen molar-refractivity contribution in [2.75, 3.05) is 24.7 Å². The first-order valence-corrected chi connectivity index (χ1v) is 14.3. The van der Waals surface area contributed by atoms with Crippen molar-refractivity contribution in [2.45, 2.75) is 22.6 Å². The number of aromatic nitrogens is 2. The summed E-state index contributed by atoms with van der Waals surface area (Å²) in [6, 6.07) is 10.7. The lowest BCUT2D eigenvalue weighted by molar-refractivity contribution is -0.120. The Hall–Kier alpha value is -2.67. The van der Waals surface area contributed by atoms with Crippen LogP contribution in [0.15, 0.2) is 63.8 Å². The highest BCUT2D eigenvalue weighted by Gasteiger charge is 2.32. The number of sulfonamides is 1. The molecule has 12 heteroatoms. The number of amides is 1. The highest BCUT2D eigenvalue weighted by molar-refractivity contribution is 7.90. The van der Waals surface area contributed by atoms with E-state index < -0.39 is 19.9 Å². The van der Waals surface area contributed by atoms with Crippen molar-refractivity contribution >= 4 is 42.2 Å². The van der Waals surface area contributed by atoms with Crippen molar-refractivity contribution in [3.8, 4) is 11.4 Å². The Balaban J connectivity index is 1.36. The summed E-state index contributed by atoms with van der Waals surface area (Å²) in [6.45, 7) is 0.399. The maximum absolute atomic E-state index is 12.9. The van der Waals surface area contributed by atoms with Gasteiger partial charge < -0.3 is 5.32 Å². The van der Waals surface area contributed by atoms with Crippen LogP contribution in [0.25, 0.3) is 11.4 Å². The summed E-state index contributed by atoms with van der Waals surface area (Å²) < 4.78 is 50.3. The number of thiazole rings is 1. The van der Waals surface area contributed by atoms with Crippen LogP contribution < -0.4 is 5.32 Å². The van der Waals surface area contributed by atoms with Crippen LogP contribution >= 0.6 is 11.3 Å². The number of piperidine rings is 1. The maximum atomic E-state index is 12.9. The fourth-order valence-electron chi connectivity index (χ4n) is 3.54. The molecule has 0 unspecified atom stereocenters. The van der Waals surface area contributed by atoms with E-state index in [1.807, 2.05) is 23.6 Å². The van der Waals surface area contributed by atoms with E-state index in [1.165, 1.54) is 39.9 Å². The van der Waals surface area contributed by atoms with Gasteiger partial charge in [-0.15, -0.1) is 11.3 Å². The number of nitrogens with one attached hydrogen (secondary N) is 1. The average molecular weight is 507 g/mol. The molecule has 1 aliphatic heterocycles. The Morgan fingerprint density at radius 2 is 1.67 bits per heavy atom. The monoisotopic (exact) mass is 506 g/mol. The summed E-state index contributed by atoms with van der Waals surface area (Å²) in [5.41, 5.74) is 1.40. The second-order valence-electron chi connectivity index (χ2n) is 7.66. The molecule has 1 aromatic carbocycles. The fourth-order valence-corrected chi connectivity index (χ4v) is 6.34. The first-order chi connectivity index (χ1) is 15.6. The number of pyridine rings is 1. The van der Waals surface area contributed by atoms with Crippen LogP contribution in [0, 0.1) is 5.92 Å². The third-order valence-corrected chi connectivity index (χ3v) is 9.18. The van der Waals surface area contributed by atoms with E-state index in [4.69, 9.17) is 0 Å². The normalized spacial score (nSPS) is 15.9. The average Bonchev–Trinajstić information content (AvgIpc) is 3.28. The smallest absolute Gasteiger partial charge is 0.243 e. The Kier molecular flexibility index (Phi) is 6.61. The van der Waals surface area contributed by atoms with Gasteiger partial charge in [0.15, 0.2) is 15.0 Å². The van der Waals surface area contributed by atoms with E-state index in [0.717, 1.165) is 11.9 Å². The number of carbonyl (C=O) groups excluding carboxylic acids is 1. The molecule has 1 aliphatic rings. The second-order valence-corrected chi connectivity index (χ2v) is 12.5. The quantitative estimate of drug-likeness (QED) is 0.545. The Bertz CT molecular complexity index is 1350. The Morgan fingerprint density at radius 1 is 1.00 bits per heavy atom. The van der Waals surface area contributed by atoms with Gasteiger partial charge in [-0.1, -0.05) is 6.07 Å². The lowest BCUT2D eigenvalue weighted by Gasteiger charge is -2.30. The van der Waals surface area contributed by atoms with Gasteiger partial charge in [-0.2, -0.15) is 4.31 Å². The molecular weight excluding hydrogens is 484 g/mol. The van der Waals surface area contributed by atoms with E-state index in [1.54, 1.807) is 6.20 Å². The fraction of sp³-hybridized carbons (Fsp3) is 0.286. The molecule has 1 amide bonds. The zero-order chi connectivity index (χ0) is 23.6. The number of anilines is 1. The van der Waals surface area contributed by atoms with E-state index in [0.29, 0.717) is 23.7 Å². The van der Waals surface area contributed by atoms with Crippen LogP contribution in [0.3, 0.4) is 0 Å². The van der Waals surface area contributed by atoms with Crippen molar-refractivity contribution in [3.05, 3.63) is 54.0 Å². The number of benzene rings is 1. The van der Waals surface area contributed by atoms with Gasteiger partial charge >= 0.3 is 0 Å². The molecule has 0 bridgehead atoms. The summed E-state index contributed by atoms with van der Waals surface area (Å²) in [7, 11) is -7.18. The summed E-state index contributed by atoms with van der Waals surface area (Å²) in [4.78, 5) is 21.4. The SMILES string of the molecule is CS(=O)(=O)c1ccc(S(=O)(=O)N2CCC(C(=O)Nc3nc(-c4ccccn4)cs3)CC2)cc1. The number of carbonyl (C=O) groups is 1. The van der Waals surface area contributed by atoms with Gasteiger partial charge in [0.2, 0.25) is 15.9 Å². The van der Waals surface area contributed by atoms with Gasteiger partial charge in [0.25, 0.3) is 0 Å². The van der Waals surface area contributed by atoms with E-state index in [2.05, 4.69) is 15.3 Å². The van der Waals surface area contributed by atoms with Crippen molar-refractivity contribution < 1.29 is 21.6 Å². The van der Waals surface area contributed by atoms with Gasteiger partial charge in [-0.25, -0.2) is 21.8 Å². The molecule has 0 atom stereocenters. The van der Waals surface area contributed by atoms with Gasteiger partial charge in [-0.05, 0) is 49.2 Å². The zero-order valence-electron chi connectivity index (χ0n) is 17.7. The number of hydrogen-bond acceptors (Lipinski definition) is 8. The predicted molar refractivity (Wildman–Crippen MR) is 125 cm³/mol. The molecule has 174 valence electrons. The highest BCUT2D eigenvalue weighted by atomic mass is 32.2.